The van der Waals surface area contributed by atoms with Crippen LogP contribution in [0.4, 0.5) is 0 Å². The van der Waals surface area contributed by atoms with Gasteiger partial charge in [0.15, 0.2) is 0 Å². The predicted molar refractivity (Wildman–Crippen MR) is 77.4 cm³/mol. The molecule has 4 heteroatoms. The molecular formula is C16H23NO3. The van der Waals surface area contributed by atoms with Gasteiger partial charge >= 0.3 is 5.97 Å². The van der Waals surface area contributed by atoms with Crippen LogP contribution in [0.25, 0.3) is 0 Å². The highest BCUT2D eigenvalue weighted by molar-refractivity contribution is 5.89. The number of rotatable bonds is 5. The Labute approximate surface area is 120 Å². The molecule has 2 rings (SSSR count). The maximum absolute atomic E-state index is 11.5. The van der Waals surface area contributed by atoms with Gasteiger partial charge in [-0.3, -0.25) is 0 Å². The van der Waals surface area contributed by atoms with Gasteiger partial charge in [0.25, 0.3) is 0 Å². The minimum atomic E-state index is -0.277. The molecule has 0 spiro atoms. The van der Waals surface area contributed by atoms with Crippen LogP contribution in [0.1, 0.15) is 48.5 Å². The summed E-state index contributed by atoms with van der Waals surface area (Å²) in [5.41, 5.74) is 7.53. The van der Waals surface area contributed by atoms with Crippen LogP contribution in [-0.2, 0) is 16.1 Å². The van der Waals surface area contributed by atoms with E-state index in [9.17, 15) is 4.79 Å². The van der Waals surface area contributed by atoms with Crippen molar-refractivity contribution in [1.29, 1.82) is 0 Å². The molecule has 1 fully saturated rings. The van der Waals surface area contributed by atoms with Crippen molar-refractivity contribution >= 4 is 5.97 Å². The first-order valence-corrected chi connectivity index (χ1v) is 7.32. The molecule has 0 saturated heterocycles. The maximum Gasteiger partial charge on any atom is 0.338 e. The number of ether oxygens (including phenoxy) is 2. The summed E-state index contributed by atoms with van der Waals surface area (Å²) in [4.78, 5) is 11.5. The summed E-state index contributed by atoms with van der Waals surface area (Å²) < 4.78 is 10.8. The van der Waals surface area contributed by atoms with Gasteiger partial charge in [0, 0.05) is 6.04 Å². The Morgan fingerprint density at radius 3 is 2.45 bits per heavy atom. The quantitative estimate of drug-likeness (QED) is 0.840. The van der Waals surface area contributed by atoms with Crippen LogP contribution in [0.15, 0.2) is 24.3 Å². The fourth-order valence-electron chi connectivity index (χ4n) is 2.42. The topological polar surface area (TPSA) is 61.5 Å². The Hall–Kier alpha value is -1.39. The Balaban J connectivity index is 1.80. The second-order valence-electron chi connectivity index (χ2n) is 5.27. The van der Waals surface area contributed by atoms with E-state index in [0.29, 0.717) is 30.9 Å². The molecule has 110 valence electrons. The molecule has 0 heterocycles. The molecule has 0 amide bonds. The normalized spacial score (nSPS) is 22.5. The van der Waals surface area contributed by atoms with Crippen LogP contribution < -0.4 is 5.73 Å². The Morgan fingerprint density at radius 1 is 1.20 bits per heavy atom. The molecular weight excluding hydrogens is 254 g/mol. The summed E-state index contributed by atoms with van der Waals surface area (Å²) in [5.74, 6) is -0.277. The van der Waals surface area contributed by atoms with E-state index in [1.165, 1.54) is 0 Å². The van der Waals surface area contributed by atoms with Gasteiger partial charge in [-0.1, -0.05) is 12.1 Å². The van der Waals surface area contributed by atoms with Crippen molar-refractivity contribution in [3.05, 3.63) is 35.4 Å². The van der Waals surface area contributed by atoms with E-state index >= 15 is 0 Å². The molecule has 1 aliphatic carbocycles. The van der Waals surface area contributed by atoms with Gasteiger partial charge in [0.05, 0.1) is 24.9 Å². The van der Waals surface area contributed by atoms with Crippen LogP contribution in [0, 0.1) is 0 Å². The Bertz CT molecular complexity index is 422. The van der Waals surface area contributed by atoms with Gasteiger partial charge in [-0.05, 0) is 50.3 Å². The first-order valence-electron chi connectivity index (χ1n) is 7.32. The summed E-state index contributed by atoms with van der Waals surface area (Å²) in [6.07, 6.45) is 4.50. The van der Waals surface area contributed by atoms with Crippen LogP contribution >= 0.6 is 0 Å². The van der Waals surface area contributed by atoms with Crippen molar-refractivity contribution < 1.29 is 14.3 Å². The molecule has 0 aromatic heterocycles. The highest BCUT2D eigenvalue weighted by Crippen LogP contribution is 2.21. The zero-order valence-electron chi connectivity index (χ0n) is 12.0. The maximum atomic E-state index is 11.5. The van der Waals surface area contributed by atoms with E-state index in [4.69, 9.17) is 15.2 Å². The van der Waals surface area contributed by atoms with E-state index in [1.54, 1.807) is 19.1 Å². The average Bonchev–Trinajstić information content (AvgIpc) is 2.47. The second kappa shape index (κ2) is 7.41. The fraction of sp³-hybridized carbons (Fsp3) is 0.562. The minimum absolute atomic E-state index is 0.277. The molecule has 20 heavy (non-hydrogen) atoms. The summed E-state index contributed by atoms with van der Waals surface area (Å²) >= 11 is 0. The zero-order valence-corrected chi connectivity index (χ0v) is 12.0. The van der Waals surface area contributed by atoms with Crippen molar-refractivity contribution in [2.45, 2.75) is 51.4 Å². The third kappa shape index (κ3) is 4.32. The SMILES string of the molecule is CCOC(=O)c1ccc(COC2CCC(N)CC2)cc1. The molecule has 0 bridgehead atoms. The minimum Gasteiger partial charge on any atom is -0.462 e. The monoisotopic (exact) mass is 277 g/mol. The zero-order chi connectivity index (χ0) is 14.4. The van der Waals surface area contributed by atoms with Crippen molar-refractivity contribution in [1.82, 2.24) is 0 Å². The molecule has 2 N–H and O–H groups in total. The summed E-state index contributed by atoms with van der Waals surface area (Å²) in [5, 5.41) is 0. The van der Waals surface area contributed by atoms with Crippen molar-refractivity contribution in [3.63, 3.8) is 0 Å². The Morgan fingerprint density at radius 2 is 1.85 bits per heavy atom. The van der Waals surface area contributed by atoms with Gasteiger partial charge in [0.2, 0.25) is 0 Å². The lowest BCUT2D eigenvalue weighted by Gasteiger charge is -2.26. The largest absolute Gasteiger partial charge is 0.462 e. The Kier molecular flexibility index (Phi) is 5.56. The standard InChI is InChI=1S/C16H23NO3/c1-2-19-16(18)13-5-3-12(4-6-13)11-20-15-9-7-14(17)8-10-15/h3-6,14-15H,2,7-11,17H2,1H3. The number of hydrogen-bond acceptors (Lipinski definition) is 4. The lowest BCUT2D eigenvalue weighted by atomic mass is 9.94. The van der Waals surface area contributed by atoms with Crippen LogP contribution in [0.3, 0.4) is 0 Å². The number of hydrogen-bond donors (Lipinski definition) is 1. The number of nitrogens with two attached hydrogens (primary N) is 1. The molecule has 4 nitrogen and oxygen atoms in total. The summed E-state index contributed by atoms with van der Waals surface area (Å²) in [6.45, 7) is 2.78. The van der Waals surface area contributed by atoms with Crippen LogP contribution in [-0.4, -0.2) is 24.7 Å². The highest BCUT2D eigenvalue weighted by atomic mass is 16.5. The van der Waals surface area contributed by atoms with E-state index in [1.807, 2.05) is 12.1 Å². The molecule has 1 saturated carbocycles. The highest BCUT2D eigenvalue weighted by Gasteiger charge is 2.18. The first kappa shape index (κ1) is 15.0. The molecule has 1 aromatic carbocycles. The van der Waals surface area contributed by atoms with Crippen LogP contribution in [0.2, 0.25) is 0 Å². The van der Waals surface area contributed by atoms with E-state index in [0.717, 1.165) is 31.2 Å². The summed E-state index contributed by atoms with van der Waals surface area (Å²) in [6, 6.07) is 7.75. The van der Waals surface area contributed by atoms with Crippen molar-refractivity contribution in [3.8, 4) is 0 Å². The lowest BCUT2D eigenvalue weighted by molar-refractivity contribution is 0.0138. The molecule has 0 atom stereocenters. The first-order chi connectivity index (χ1) is 9.69. The molecule has 0 aliphatic heterocycles. The number of carbonyl (C=O) groups is 1. The van der Waals surface area contributed by atoms with Gasteiger partial charge in [-0.15, -0.1) is 0 Å². The third-order valence-electron chi connectivity index (χ3n) is 3.67. The average molecular weight is 277 g/mol. The van der Waals surface area contributed by atoms with Gasteiger partial charge in [-0.2, -0.15) is 0 Å². The van der Waals surface area contributed by atoms with E-state index in [2.05, 4.69) is 0 Å². The second-order valence-corrected chi connectivity index (χ2v) is 5.27. The molecule has 0 radical (unpaired) electrons. The molecule has 1 aliphatic rings. The number of carbonyl (C=O) groups excluding carboxylic acids is 1. The molecule has 1 aromatic rings. The lowest BCUT2D eigenvalue weighted by Crippen LogP contribution is -2.30. The van der Waals surface area contributed by atoms with Crippen molar-refractivity contribution in [2.24, 2.45) is 5.73 Å². The smallest absolute Gasteiger partial charge is 0.338 e. The summed E-state index contributed by atoms with van der Waals surface area (Å²) in [7, 11) is 0. The van der Waals surface area contributed by atoms with E-state index < -0.39 is 0 Å². The fourth-order valence-corrected chi connectivity index (χ4v) is 2.42. The van der Waals surface area contributed by atoms with Crippen molar-refractivity contribution in [2.75, 3.05) is 6.61 Å². The van der Waals surface area contributed by atoms with Crippen LogP contribution in [0.5, 0.6) is 0 Å². The molecule has 0 unspecified atom stereocenters. The number of esters is 1. The number of benzene rings is 1. The van der Waals surface area contributed by atoms with E-state index in [-0.39, 0.29) is 5.97 Å². The van der Waals surface area contributed by atoms with Gasteiger partial charge in [-0.25, -0.2) is 4.79 Å². The van der Waals surface area contributed by atoms with Gasteiger partial charge in [0.1, 0.15) is 0 Å². The van der Waals surface area contributed by atoms with Gasteiger partial charge < -0.3 is 15.2 Å². The predicted octanol–water partition coefficient (Wildman–Crippen LogP) is 2.65. The third-order valence-corrected chi connectivity index (χ3v) is 3.67.